The normalized spacial score (nSPS) is 19.3. The number of esters is 1. The Morgan fingerprint density at radius 1 is 1.50 bits per heavy atom. The van der Waals surface area contributed by atoms with E-state index in [0.717, 1.165) is 13.5 Å². The van der Waals surface area contributed by atoms with Crippen LogP contribution >= 0.6 is 0 Å². The van der Waals surface area contributed by atoms with E-state index in [0.29, 0.717) is 13.0 Å². The van der Waals surface area contributed by atoms with Crippen LogP contribution in [0.5, 0.6) is 0 Å². The van der Waals surface area contributed by atoms with Crippen molar-refractivity contribution < 1.29 is 19.1 Å². The molecule has 1 atom stereocenters. The van der Waals surface area contributed by atoms with Gasteiger partial charge in [0.1, 0.15) is 0 Å². The van der Waals surface area contributed by atoms with Crippen molar-refractivity contribution in [1.29, 1.82) is 0 Å². The zero-order valence-electron chi connectivity index (χ0n) is 9.27. The second-order valence-electron chi connectivity index (χ2n) is 3.61. The highest BCUT2D eigenvalue weighted by Crippen LogP contribution is 2.19. The Balaban J connectivity index is 2.72. The standard InChI is InChI=1S/C11H15NO4/c1-3-5-9(13)8-6-4-7-12(8)10(14)11(15)16-2/h3,8H,1,4-7H2,2H3. The second-order valence-corrected chi connectivity index (χ2v) is 3.61. The maximum Gasteiger partial charge on any atom is 0.396 e. The summed E-state index contributed by atoms with van der Waals surface area (Å²) < 4.78 is 4.35. The lowest BCUT2D eigenvalue weighted by Gasteiger charge is -2.21. The topological polar surface area (TPSA) is 63.7 Å². The maximum atomic E-state index is 11.7. The molecule has 1 amide bonds. The van der Waals surface area contributed by atoms with Crippen molar-refractivity contribution in [2.24, 2.45) is 0 Å². The second kappa shape index (κ2) is 5.44. The zero-order chi connectivity index (χ0) is 12.1. The molecule has 0 radical (unpaired) electrons. The van der Waals surface area contributed by atoms with E-state index in [9.17, 15) is 14.4 Å². The third kappa shape index (κ3) is 2.48. The first kappa shape index (κ1) is 12.4. The summed E-state index contributed by atoms with van der Waals surface area (Å²) in [5.74, 6) is -1.73. The molecular weight excluding hydrogens is 210 g/mol. The van der Waals surface area contributed by atoms with Crippen molar-refractivity contribution in [1.82, 2.24) is 4.90 Å². The van der Waals surface area contributed by atoms with Gasteiger partial charge in [-0.15, -0.1) is 6.58 Å². The molecule has 1 aliphatic rings. The monoisotopic (exact) mass is 225 g/mol. The number of hydrogen-bond acceptors (Lipinski definition) is 4. The maximum absolute atomic E-state index is 11.7. The molecule has 0 saturated carbocycles. The number of amides is 1. The highest BCUT2D eigenvalue weighted by atomic mass is 16.5. The average molecular weight is 225 g/mol. The first-order valence-corrected chi connectivity index (χ1v) is 5.14. The van der Waals surface area contributed by atoms with Gasteiger partial charge in [0.25, 0.3) is 0 Å². The molecule has 0 aromatic rings. The van der Waals surface area contributed by atoms with Gasteiger partial charge in [-0.25, -0.2) is 4.79 Å². The Labute approximate surface area is 94.1 Å². The minimum atomic E-state index is -0.918. The van der Waals surface area contributed by atoms with Gasteiger partial charge in [0.05, 0.1) is 13.2 Å². The molecule has 5 nitrogen and oxygen atoms in total. The van der Waals surface area contributed by atoms with Crippen molar-refractivity contribution in [2.75, 3.05) is 13.7 Å². The van der Waals surface area contributed by atoms with Gasteiger partial charge < -0.3 is 9.64 Å². The highest BCUT2D eigenvalue weighted by molar-refractivity contribution is 6.32. The minimum Gasteiger partial charge on any atom is -0.462 e. The van der Waals surface area contributed by atoms with Crippen LogP contribution in [0.15, 0.2) is 12.7 Å². The van der Waals surface area contributed by atoms with E-state index >= 15 is 0 Å². The van der Waals surface area contributed by atoms with E-state index in [2.05, 4.69) is 11.3 Å². The lowest BCUT2D eigenvalue weighted by Crippen LogP contribution is -2.44. The molecule has 0 bridgehead atoms. The van der Waals surface area contributed by atoms with Gasteiger partial charge in [-0.3, -0.25) is 9.59 Å². The number of nitrogens with zero attached hydrogens (tertiary/aromatic N) is 1. The van der Waals surface area contributed by atoms with E-state index < -0.39 is 17.9 Å². The van der Waals surface area contributed by atoms with Crippen LogP contribution in [0, 0.1) is 0 Å². The molecule has 1 saturated heterocycles. The third-order valence-corrected chi connectivity index (χ3v) is 2.59. The Kier molecular flexibility index (Phi) is 4.22. The van der Waals surface area contributed by atoms with Crippen molar-refractivity contribution in [3.63, 3.8) is 0 Å². The van der Waals surface area contributed by atoms with Gasteiger partial charge >= 0.3 is 11.9 Å². The fourth-order valence-electron chi connectivity index (χ4n) is 1.83. The quantitative estimate of drug-likeness (QED) is 0.393. The van der Waals surface area contributed by atoms with Crippen LogP contribution < -0.4 is 0 Å². The van der Waals surface area contributed by atoms with E-state index in [-0.39, 0.29) is 12.2 Å². The summed E-state index contributed by atoms with van der Waals surface area (Å²) >= 11 is 0. The number of allylic oxidation sites excluding steroid dienone is 1. The molecular formula is C11H15NO4. The number of carbonyl (C=O) groups excluding carboxylic acids is 3. The summed E-state index contributed by atoms with van der Waals surface area (Å²) in [6, 6.07) is -0.496. The Morgan fingerprint density at radius 2 is 2.19 bits per heavy atom. The van der Waals surface area contributed by atoms with Crippen LogP contribution in [0.1, 0.15) is 19.3 Å². The van der Waals surface area contributed by atoms with Gasteiger partial charge in [-0.2, -0.15) is 0 Å². The number of methoxy groups -OCH3 is 1. The lowest BCUT2D eigenvalue weighted by atomic mass is 10.1. The van der Waals surface area contributed by atoms with Gasteiger partial charge in [0.15, 0.2) is 5.78 Å². The summed E-state index contributed by atoms with van der Waals surface area (Å²) in [5, 5.41) is 0. The number of rotatable bonds is 3. The van der Waals surface area contributed by atoms with Crippen molar-refractivity contribution in [3.05, 3.63) is 12.7 Å². The fourth-order valence-corrected chi connectivity index (χ4v) is 1.83. The van der Waals surface area contributed by atoms with Crippen LogP contribution in [0.4, 0.5) is 0 Å². The SMILES string of the molecule is C=CCC(=O)C1CCCN1C(=O)C(=O)OC. The number of Topliss-reactive ketones (excluding diaryl/α,β-unsaturated/α-hetero) is 1. The average Bonchev–Trinajstić information content (AvgIpc) is 2.76. The molecule has 0 aliphatic carbocycles. The van der Waals surface area contributed by atoms with Crippen LogP contribution in [0.2, 0.25) is 0 Å². The highest BCUT2D eigenvalue weighted by Gasteiger charge is 2.36. The van der Waals surface area contributed by atoms with Gasteiger partial charge in [-0.1, -0.05) is 6.08 Å². The number of hydrogen-bond donors (Lipinski definition) is 0. The van der Waals surface area contributed by atoms with Crippen molar-refractivity contribution in [3.8, 4) is 0 Å². The van der Waals surface area contributed by atoms with Gasteiger partial charge in [0.2, 0.25) is 0 Å². The predicted octanol–water partition coefficient (Wildman–Crippen LogP) is 0.296. The molecule has 0 N–H and O–H groups in total. The summed E-state index contributed by atoms with van der Waals surface area (Å²) in [4.78, 5) is 35.6. The third-order valence-electron chi connectivity index (χ3n) is 2.59. The first-order valence-electron chi connectivity index (χ1n) is 5.14. The lowest BCUT2D eigenvalue weighted by molar-refractivity contribution is -0.159. The minimum absolute atomic E-state index is 0.0789. The first-order chi connectivity index (χ1) is 7.61. The number of likely N-dealkylation sites (tertiary alicyclic amines) is 1. The predicted molar refractivity (Wildman–Crippen MR) is 56.6 cm³/mol. The molecule has 1 heterocycles. The van der Waals surface area contributed by atoms with Gasteiger partial charge in [-0.05, 0) is 12.8 Å². The van der Waals surface area contributed by atoms with Crippen molar-refractivity contribution >= 4 is 17.7 Å². The Morgan fingerprint density at radius 3 is 2.75 bits per heavy atom. The molecule has 1 unspecified atom stereocenters. The van der Waals surface area contributed by atoms with E-state index in [1.807, 2.05) is 0 Å². The van der Waals surface area contributed by atoms with E-state index in [1.165, 1.54) is 11.0 Å². The molecule has 5 heteroatoms. The van der Waals surface area contributed by atoms with E-state index in [1.54, 1.807) is 0 Å². The zero-order valence-corrected chi connectivity index (χ0v) is 9.27. The fraction of sp³-hybridized carbons (Fsp3) is 0.545. The number of ketones is 1. The molecule has 1 aliphatic heterocycles. The Hall–Kier alpha value is -1.65. The largest absolute Gasteiger partial charge is 0.462 e. The van der Waals surface area contributed by atoms with Crippen LogP contribution in [-0.4, -0.2) is 42.3 Å². The molecule has 1 fully saturated rings. The van der Waals surface area contributed by atoms with E-state index in [4.69, 9.17) is 0 Å². The summed E-state index contributed by atoms with van der Waals surface area (Å²) in [6.45, 7) is 3.91. The van der Waals surface area contributed by atoms with Crippen molar-refractivity contribution in [2.45, 2.75) is 25.3 Å². The number of carbonyl (C=O) groups is 3. The Bertz CT molecular complexity index is 324. The van der Waals surface area contributed by atoms with Crippen LogP contribution in [-0.2, 0) is 19.1 Å². The molecule has 0 aromatic carbocycles. The summed E-state index contributed by atoms with van der Waals surface area (Å²) in [7, 11) is 1.15. The molecule has 88 valence electrons. The summed E-state index contributed by atoms with van der Waals surface area (Å²) in [6.07, 6.45) is 3.06. The van der Waals surface area contributed by atoms with Crippen LogP contribution in [0.3, 0.4) is 0 Å². The molecule has 1 rings (SSSR count). The summed E-state index contributed by atoms with van der Waals surface area (Å²) in [5.41, 5.74) is 0. The smallest absolute Gasteiger partial charge is 0.396 e. The molecule has 16 heavy (non-hydrogen) atoms. The molecule has 0 spiro atoms. The number of ether oxygens (including phenoxy) is 1. The van der Waals surface area contributed by atoms with Gasteiger partial charge in [0, 0.05) is 13.0 Å². The van der Waals surface area contributed by atoms with Crippen LogP contribution in [0.25, 0.3) is 0 Å². The molecule has 0 aromatic heterocycles.